The SMILES string of the molecule is CC1CNCC(CC#N)N(Cc2ccncc2)C1. The van der Waals surface area contributed by atoms with Crippen molar-refractivity contribution in [1.82, 2.24) is 15.2 Å². The number of rotatable bonds is 3. The van der Waals surface area contributed by atoms with E-state index in [1.165, 1.54) is 5.56 Å². The quantitative estimate of drug-likeness (QED) is 0.873. The topological polar surface area (TPSA) is 52.0 Å². The van der Waals surface area contributed by atoms with Crippen LogP contribution in [0.2, 0.25) is 0 Å². The average Bonchev–Trinajstić information content (AvgIpc) is 2.54. The highest BCUT2D eigenvalue weighted by Gasteiger charge is 2.23. The van der Waals surface area contributed by atoms with Crippen molar-refractivity contribution in [3.8, 4) is 6.07 Å². The Bertz CT molecular complexity index is 398. The molecule has 2 unspecified atom stereocenters. The van der Waals surface area contributed by atoms with Crippen LogP contribution in [0.15, 0.2) is 24.5 Å². The van der Waals surface area contributed by atoms with Crippen molar-refractivity contribution in [3.63, 3.8) is 0 Å². The minimum absolute atomic E-state index is 0.313. The number of nitrogens with one attached hydrogen (secondary N) is 1. The van der Waals surface area contributed by atoms with Crippen LogP contribution < -0.4 is 5.32 Å². The Hall–Kier alpha value is -1.44. The summed E-state index contributed by atoms with van der Waals surface area (Å²) < 4.78 is 0. The predicted octanol–water partition coefficient (Wildman–Crippen LogP) is 1.41. The zero-order chi connectivity index (χ0) is 12.8. The van der Waals surface area contributed by atoms with Crippen molar-refractivity contribution < 1.29 is 0 Å². The van der Waals surface area contributed by atoms with Gasteiger partial charge in [0, 0.05) is 38.1 Å². The molecule has 1 aromatic heterocycles. The standard InChI is InChI=1S/C14H20N4/c1-12-8-17-9-14(2-5-15)18(10-12)11-13-3-6-16-7-4-13/h3-4,6-7,12,14,17H,2,8-11H2,1H3. The summed E-state index contributed by atoms with van der Waals surface area (Å²) in [4.78, 5) is 6.46. The number of hydrogen-bond donors (Lipinski definition) is 1. The van der Waals surface area contributed by atoms with Gasteiger partial charge in [-0.15, -0.1) is 0 Å². The highest BCUT2D eigenvalue weighted by atomic mass is 15.2. The molecule has 4 heteroatoms. The van der Waals surface area contributed by atoms with Crippen LogP contribution in [0.4, 0.5) is 0 Å². The van der Waals surface area contributed by atoms with E-state index in [2.05, 4.69) is 28.2 Å². The van der Waals surface area contributed by atoms with Crippen molar-refractivity contribution in [2.45, 2.75) is 25.9 Å². The van der Waals surface area contributed by atoms with E-state index in [0.29, 0.717) is 18.4 Å². The van der Waals surface area contributed by atoms with Gasteiger partial charge in [-0.3, -0.25) is 9.88 Å². The molecule has 1 aromatic rings. The Balaban J connectivity index is 2.07. The molecule has 96 valence electrons. The second-order valence-electron chi connectivity index (χ2n) is 5.06. The molecule has 0 aromatic carbocycles. The first-order valence-corrected chi connectivity index (χ1v) is 6.50. The third kappa shape index (κ3) is 3.52. The summed E-state index contributed by atoms with van der Waals surface area (Å²) in [5, 5.41) is 12.4. The molecule has 1 fully saturated rings. The molecule has 18 heavy (non-hydrogen) atoms. The maximum absolute atomic E-state index is 8.95. The number of pyridine rings is 1. The number of hydrogen-bond acceptors (Lipinski definition) is 4. The molecule has 4 nitrogen and oxygen atoms in total. The first-order chi connectivity index (χ1) is 8.79. The van der Waals surface area contributed by atoms with Crippen molar-refractivity contribution in [3.05, 3.63) is 30.1 Å². The van der Waals surface area contributed by atoms with E-state index in [1.54, 1.807) is 0 Å². The van der Waals surface area contributed by atoms with Gasteiger partial charge in [0.2, 0.25) is 0 Å². The summed E-state index contributed by atoms with van der Waals surface area (Å²) in [5.74, 6) is 0.621. The molecule has 0 bridgehead atoms. The van der Waals surface area contributed by atoms with E-state index in [0.717, 1.165) is 26.2 Å². The lowest BCUT2D eigenvalue weighted by molar-refractivity contribution is 0.185. The molecule has 0 aliphatic carbocycles. The minimum atomic E-state index is 0.313. The van der Waals surface area contributed by atoms with Crippen molar-refractivity contribution in [1.29, 1.82) is 5.26 Å². The third-order valence-electron chi connectivity index (χ3n) is 3.40. The Labute approximate surface area is 109 Å². The van der Waals surface area contributed by atoms with Gasteiger partial charge in [-0.2, -0.15) is 5.26 Å². The second kappa shape index (κ2) is 6.48. The third-order valence-corrected chi connectivity index (χ3v) is 3.40. The van der Waals surface area contributed by atoms with Gasteiger partial charge in [0.25, 0.3) is 0 Å². The normalized spacial score (nSPS) is 25.3. The number of nitrogens with zero attached hydrogens (tertiary/aromatic N) is 3. The molecule has 1 saturated heterocycles. The van der Waals surface area contributed by atoms with Crippen molar-refractivity contribution in [2.75, 3.05) is 19.6 Å². The lowest BCUT2D eigenvalue weighted by Crippen LogP contribution is -2.39. The minimum Gasteiger partial charge on any atom is -0.315 e. The highest BCUT2D eigenvalue weighted by Crippen LogP contribution is 2.15. The first-order valence-electron chi connectivity index (χ1n) is 6.50. The van der Waals surface area contributed by atoms with Crippen LogP contribution in [0.25, 0.3) is 0 Å². The van der Waals surface area contributed by atoms with E-state index in [9.17, 15) is 0 Å². The van der Waals surface area contributed by atoms with Gasteiger partial charge < -0.3 is 5.32 Å². The molecule has 2 heterocycles. The lowest BCUT2D eigenvalue weighted by Gasteiger charge is -2.29. The summed E-state index contributed by atoms with van der Waals surface area (Å²) in [6, 6.07) is 6.71. The van der Waals surface area contributed by atoms with Gasteiger partial charge in [0.15, 0.2) is 0 Å². The molecular formula is C14H20N4. The average molecular weight is 244 g/mol. The zero-order valence-corrected chi connectivity index (χ0v) is 10.8. The summed E-state index contributed by atoms with van der Waals surface area (Å²) in [6.45, 7) is 6.14. The summed E-state index contributed by atoms with van der Waals surface area (Å²) in [5.41, 5.74) is 1.27. The molecule has 1 aliphatic rings. The van der Waals surface area contributed by atoms with Crippen LogP contribution in [0.1, 0.15) is 18.9 Å². The van der Waals surface area contributed by atoms with E-state index in [4.69, 9.17) is 5.26 Å². The maximum atomic E-state index is 8.95. The monoisotopic (exact) mass is 244 g/mol. The molecule has 1 aliphatic heterocycles. The van der Waals surface area contributed by atoms with Crippen LogP contribution in [0.5, 0.6) is 0 Å². The molecule has 0 spiro atoms. The largest absolute Gasteiger partial charge is 0.315 e. The molecule has 1 N–H and O–H groups in total. The van der Waals surface area contributed by atoms with Gasteiger partial charge in [-0.1, -0.05) is 6.92 Å². The fourth-order valence-electron chi connectivity index (χ4n) is 2.46. The fraction of sp³-hybridized carbons (Fsp3) is 0.571. The molecule has 2 atom stereocenters. The van der Waals surface area contributed by atoms with Crippen LogP contribution in [-0.4, -0.2) is 35.6 Å². The molecule has 0 saturated carbocycles. The lowest BCUT2D eigenvalue weighted by atomic mass is 10.1. The van der Waals surface area contributed by atoms with Crippen molar-refractivity contribution >= 4 is 0 Å². The van der Waals surface area contributed by atoms with Gasteiger partial charge in [0.1, 0.15) is 0 Å². The first kappa shape index (κ1) is 13.0. The Kier molecular flexibility index (Phi) is 4.68. The van der Waals surface area contributed by atoms with E-state index in [-0.39, 0.29) is 0 Å². The zero-order valence-electron chi connectivity index (χ0n) is 10.8. The number of nitriles is 1. The predicted molar refractivity (Wildman–Crippen MR) is 70.7 cm³/mol. The summed E-state index contributed by atoms with van der Waals surface area (Å²) in [7, 11) is 0. The van der Waals surface area contributed by atoms with E-state index in [1.807, 2.05) is 24.5 Å². The van der Waals surface area contributed by atoms with E-state index >= 15 is 0 Å². The van der Waals surface area contributed by atoms with Gasteiger partial charge in [-0.25, -0.2) is 0 Å². The Morgan fingerprint density at radius 3 is 2.94 bits per heavy atom. The number of aromatic nitrogens is 1. The van der Waals surface area contributed by atoms with Crippen LogP contribution in [0, 0.1) is 17.2 Å². The highest BCUT2D eigenvalue weighted by molar-refractivity contribution is 5.10. The van der Waals surface area contributed by atoms with Gasteiger partial charge >= 0.3 is 0 Å². The van der Waals surface area contributed by atoms with E-state index < -0.39 is 0 Å². The van der Waals surface area contributed by atoms with Crippen LogP contribution >= 0.6 is 0 Å². The summed E-state index contributed by atoms with van der Waals surface area (Å²) in [6.07, 6.45) is 4.24. The van der Waals surface area contributed by atoms with Crippen LogP contribution in [0.3, 0.4) is 0 Å². The Morgan fingerprint density at radius 1 is 1.44 bits per heavy atom. The maximum Gasteiger partial charge on any atom is 0.0638 e. The summed E-state index contributed by atoms with van der Waals surface area (Å²) >= 11 is 0. The second-order valence-corrected chi connectivity index (χ2v) is 5.06. The van der Waals surface area contributed by atoms with Gasteiger partial charge in [-0.05, 0) is 30.2 Å². The Morgan fingerprint density at radius 2 is 2.22 bits per heavy atom. The van der Waals surface area contributed by atoms with Crippen molar-refractivity contribution in [2.24, 2.45) is 5.92 Å². The molecule has 2 rings (SSSR count). The molecule has 0 amide bonds. The smallest absolute Gasteiger partial charge is 0.0638 e. The molecule has 0 radical (unpaired) electrons. The fourth-order valence-corrected chi connectivity index (χ4v) is 2.46. The van der Waals surface area contributed by atoms with Gasteiger partial charge in [0.05, 0.1) is 12.5 Å². The van der Waals surface area contributed by atoms with Crippen LogP contribution in [-0.2, 0) is 6.54 Å². The molecular weight excluding hydrogens is 224 g/mol.